The van der Waals surface area contributed by atoms with E-state index >= 15 is 0 Å². The molecular weight excluding hydrogens is 349 g/mol. The van der Waals surface area contributed by atoms with Gasteiger partial charge in [0.2, 0.25) is 0 Å². The Morgan fingerprint density at radius 1 is 0.955 bits per heavy atom. The number of hydrogen-bond acceptors (Lipinski definition) is 5. The van der Waals surface area contributed by atoms with Crippen molar-refractivity contribution < 1.29 is 18.9 Å². The summed E-state index contributed by atoms with van der Waals surface area (Å²) in [6.07, 6.45) is 0. The summed E-state index contributed by atoms with van der Waals surface area (Å²) in [6, 6.07) is 7.11. The average molecular weight is 368 g/mol. The molecule has 1 saturated heterocycles. The molecule has 0 aromatic heterocycles. The predicted octanol–water partition coefficient (Wildman–Crippen LogP) is 1.73. The number of hydrogen-bond donors (Lipinski definition) is 0. The first-order valence-electron chi connectivity index (χ1n) is 6.98. The Morgan fingerprint density at radius 2 is 1.36 bits per heavy atom. The molecule has 0 N–H and O–H groups in total. The van der Waals surface area contributed by atoms with Crippen molar-refractivity contribution in [2.75, 3.05) is 7.05 Å². The molecule has 1 aromatic carbocycles. The molecule has 2 rings (SSSR count). The second kappa shape index (κ2) is 5.70. The van der Waals surface area contributed by atoms with Crippen molar-refractivity contribution in [2.45, 2.75) is 38.8 Å². The van der Waals surface area contributed by atoms with Crippen LogP contribution in [0.15, 0.2) is 28.7 Å². The zero-order valence-electron chi connectivity index (χ0n) is 13.3. The Hall–Kier alpha value is -1.34. The monoisotopic (exact) mass is 367 g/mol. The lowest BCUT2D eigenvalue weighted by Crippen LogP contribution is -2.65. The quantitative estimate of drug-likeness (QED) is 0.707. The van der Waals surface area contributed by atoms with E-state index in [9.17, 15) is 9.59 Å². The number of halogens is 1. The normalized spacial score (nSPS) is 21.6. The minimum Gasteiger partial charge on any atom is -0.494 e. The molecule has 1 heterocycles. The number of likely N-dealkylation sites (N-methyl/N-ethyl adjacent to an activating group) is 1. The number of rotatable bonds is 1. The fourth-order valence-corrected chi connectivity index (χ4v) is 2.50. The summed E-state index contributed by atoms with van der Waals surface area (Å²) in [4.78, 5) is 26.6. The third-order valence-electron chi connectivity index (χ3n) is 4.25. The Bertz CT molecular complexity index is 570. The summed E-state index contributed by atoms with van der Waals surface area (Å²) >= 11 is 3.34. The van der Waals surface area contributed by atoms with Gasteiger partial charge in [0.05, 0.1) is 0 Å². The molecule has 5 nitrogen and oxygen atoms in total. The third-order valence-corrected chi connectivity index (χ3v) is 4.78. The maximum absolute atomic E-state index is 12.5. The highest BCUT2D eigenvalue weighted by molar-refractivity contribution is 9.10. The lowest BCUT2D eigenvalue weighted by molar-refractivity contribution is -0.165. The van der Waals surface area contributed by atoms with E-state index in [4.69, 9.17) is 9.31 Å². The van der Waals surface area contributed by atoms with Crippen LogP contribution >= 0.6 is 15.9 Å². The van der Waals surface area contributed by atoms with Gasteiger partial charge in [0, 0.05) is 9.94 Å². The molecule has 22 heavy (non-hydrogen) atoms. The lowest BCUT2D eigenvalue weighted by atomic mass is 9.77. The standard InChI is InChI=1S/C15H19BBrNO4/c1-14(2)12(19)21-16(10-6-8-11(17)9-7-10)22-13(20)15(3,4)18(14)5/h6-9H,1-5H3. The van der Waals surface area contributed by atoms with Gasteiger partial charge < -0.3 is 9.31 Å². The highest BCUT2D eigenvalue weighted by atomic mass is 79.9. The van der Waals surface area contributed by atoms with Gasteiger partial charge >= 0.3 is 19.1 Å². The van der Waals surface area contributed by atoms with Crippen LogP contribution in [0.25, 0.3) is 0 Å². The van der Waals surface area contributed by atoms with Crippen LogP contribution in [0.4, 0.5) is 0 Å². The maximum Gasteiger partial charge on any atom is 0.636 e. The van der Waals surface area contributed by atoms with Gasteiger partial charge in [0.15, 0.2) is 0 Å². The lowest BCUT2D eigenvalue weighted by Gasteiger charge is -2.45. The molecule has 0 atom stereocenters. The molecule has 118 valence electrons. The van der Waals surface area contributed by atoms with E-state index in [1.54, 1.807) is 63.9 Å². The SMILES string of the molecule is CN1C(C)(C)C(=O)OB(c2ccc(Br)cc2)OC(=O)C1(C)C. The molecule has 0 radical (unpaired) electrons. The van der Waals surface area contributed by atoms with Crippen molar-refractivity contribution >= 4 is 40.4 Å². The van der Waals surface area contributed by atoms with Crippen LogP contribution in [0, 0.1) is 0 Å². The van der Waals surface area contributed by atoms with Crippen LogP contribution in [0.3, 0.4) is 0 Å². The molecule has 7 heteroatoms. The number of benzene rings is 1. The number of carbonyl (C=O) groups excluding carboxylic acids is 2. The minimum atomic E-state index is -1.04. The van der Waals surface area contributed by atoms with Crippen LogP contribution < -0.4 is 5.46 Å². The van der Waals surface area contributed by atoms with E-state index in [1.807, 2.05) is 0 Å². The van der Waals surface area contributed by atoms with Gasteiger partial charge in [-0.25, -0.2) is 0 Å². The number of carbonyl (C=O) groups is 2. The zero-order chi connectivity index (χ0) is 16.7. The van der Waals surface area contributed by atoms with Gasteiger partial charge in [0.1, 0.15) is 11.1 Å². The van der Waals surface area contributed by atoms with Crippen LogP contribution in [-0.2, 0) is 18.9 Å². The van der Waals surface area contributed by atoms with Gasteiger partial charge in [-0.3, -0.25) is 14.5 Å². The molecular formula is C15H19BBrNO4. The summed E-state index contributed by atoms with van der Waals surface area (Å²) in [5.74, 6) is -0.882. The fraction of sp³-hybridized carbons (Fsp3) is 0.467. The van der Waals surface area contributed by atoms with Crippen molar-refractivity contribution in [3.63, 3.8) is 0 Å². The van der Waals surface area contributed by atoms with E-state index in [0.717, 1.165) is 4.47 Å². The van der Waals surface area contributed by atoms with Gasteiger partial charge in [-0.05, 0) is 46.9 Å². The molecule has 0 saturated carbocycles. The van der Waals surface area contributed by atoms with Crippen molar-refractivity contribution in [2.24, 2.45) is 0 Å². The van der Waals surface area contributed by atoms with Crippen molar-refractivity contribution in [1.29, 1.82) is 0 Å². The Labute approximate surface area is 139 Å². The molecule has 0 bridgehead atoms. The predicted molar refractivity (Wildman–Crippen MR) is 87.6 cm³/mol. The molecule has 1 fully saturated rings. The minimum absolute atomic E-state index is 0.441. The highest BCUT2D eigenvalue weighted by Gasteiger charge is 2.51. The van der Waals surface area contributed by atoms with Crippen LogP contribution in [0.1, 0.15) is 27.7 Å². The molecule has 1 aromatic rings. The van der Waals surface area contributed by atoms with E-state index in [-0.39, 0.29) is 0 Å². The van der Waals surface area contributed by atoms with Crippen LogP contribution in [-0.4, -0.2) is 42.1 Å². The summed E-state index contributed by atoms with van der Waals surface area (Å²) in [6.45, 7) is 6.92. The van der Waals surface area contributed by atoms with E-state index < -0.39 is 30.1 Å². The van der Waals surface area contributed by atoms with Gasteiger partial charge in [-0.2, -0.15) is 0 Å². The second-order valence-corrected chi connectivity index (χ2v) is 7.29. The van der Waals surface area contributed by atoms with Crippen LogP contribution in [0.2, 0.25) is 0 Å². The topological polar surface area (TPSA) is 55.8 Å². The van der Waals surface area contributed by atoms with Crippen molar-refractivity contribution in [3.8, 4) is 0 Å². The largest absolute Gasteiger partial charge is 0.636 e. The Morgan fingerprint density at radius 3 is 1.77 bits per heavy atom. The van der Waals surface area contributed by atoms with Crippen LogP contribution in [0.5, 0.6) is 0 Å². The molecule has 1 aliphatic rings. The summed E-state index contributed by atoms with van der Waals surface area (Å²) < 4.78 is 11.7. The molecule has 0 amide bonds. The van der Waals surface area contributed by atoms with E-state index in [1.165, 1.54) is 0 Å². The smallest absolute Gasteiger partial charge is 0.494 e. The van der Waals surface area contributed by atoms with Gasteiger partial charge in [-0.1, -0.05) is 28.1 Å². The molecule has 1 aliphatic heterocycles. The molecule has 0 spiro atoms. The highest BCUT2D eigenvalue weighted by Crippen LogP contribution is 2.28. The second-order valence-electron chi connectivity index (χ2n) is 6.37. The molecule has 0 aliphatic carbocycles. The first-order valence-corrected chi connectivity index (χ1v) is 7.77. The van der Waals surface area contributed by atoms with E-state index in [2.05, 4.69) is 15.9 Å². The number of nitrogens with zero attached hydrogens (tertiary/aromatic N) is 1. The third kappa shape index (κ3) is 2.92. The van der Waals surface area contributed by atoms with Gasteiger partial charge in [0.25, 0.3) is 0 Å². The summed E-state index contributed by atoms with van der Waals surface area (Å²) in [5.41, 5.74) is -1.28. The average Bonchev–Trinajstić information content (AvgIpc) is 2.45. The van der Waals surface area contributed by atoms with Crippen molar-refractivity contribution in [3.05, 3.63) is 28.7 Å². The summed E-state index contributed by atoms with van der Waals surface area (Å²) in [5, 5.41) is 0. The van der Waals surface area contributed by atoms with Crippen molar-refractivity contribution in [1.82, 2.24) is 4.90 Å². The Kier molecular flexibility index (Phi) is 4.41. The molecule has 0 unspecified atom stereocenters. The summed E-state index contributed by atoms with van der Waals surface area (Å²) in [7, 11) is 0.669. The Balaban J connectivity index is 2.42. The first-order chi connectivity index (χ1) is 10.1. The fourth-order valence-electron chi connectivity index (χ4n) is 2.24. The maximum atomic E-state index is 12.5. The zero-order valence-corrected chi connectivity index (χ0v) is 14.9. The first kappa shape index (κ1) is 17.0. The van der Waals surface area contributed by atoms with E-state index in [0.29, 0.717) is 5.46 Å². The van der Waals surface area contributed by atoms with Gasteiger partial charge in [-0.15, -0.1) is 0 Å².